The fraction of sp³-hybridized carbons (Fsp3) is 0.500. The molecule has 1 fully saturated rings. The van der Waals surface area contributed by atoms with Gasteiger partial charge in [0.05, 0.1) is 5.41 Å². The minimum Gasteiger partial charge on any atom is -0.376 e. The first kappa shape index (κ1) is 14.1. The zero-order valence-corrected chi connectivity index (χ0v) is 11.9. The van der Waals surface area contributed by atoms with Crippen LogP contribution >= 0.6 is 0 Å². The summed E-state index contributed by atoms with van der Waals surface area (Å²) in [4.78, 5) is 24.0. The number of carbonyl (C=O) groups excluding carboxylic acids is 2. The first-order chi connectivity index (χ1) is 10.1. The number of piperidine rings is 1. The second-order valence-corrected chi connectivity index (χ2v) is 5.96. The molecule has 3 rings (SSSR count). The molecule has 3 N–H and O–H groups in total. The molecule has 0 aromatic heterocycles. The molecule has 1 aliphatic carbocycles. The Hall–Kier alpha value is -1.88. The lowest BCUT2D eigenvalue weighted by molar-refractivity contribution is -0.134. The minimum atomic E-state index is -0.362. The highest BCUT2D eigenvalue weighted by atomic mass is 16.3. The monoisotopic (exact) mass is 288 g/mol. The maximum Gasteiger partial charge on any atom is 0.253 e. The molecule has 1 unspecified atom stereocenters. The van der Waals surface area contributed by atoms with E-state index in [0.29, 0.717) is 5.56 Å². The Bertz CT molecular complexity index is 585. The third-order valence-corrected chi connectivity index (χ3v) is 4.71. The van der Waals surface area contributed by atoms with Gasteiger partial charge in [-0.25, -0.2) is 0 Å². The van der Waals surface area contributed by atoms with Crippen LogP contribution in [0.2, 0.25) is 0 Å². The maximum atomic E-state index is 12.2. The molecule has 1 atom stereocenters. The molecule has 0 bridgehead atoms. The van der Waals surface area contributed by atoms with E-state index in [4.69, 9.17) is 5.11 Å². The second kappa shape index (κ2) is 5.48. The van der Waals surface area contributed by atoms with E-state index in [-0.39, 0.29) is 24.0 Å². The lowest BCUT2D eigenvalue weighted by Gasteiger charge is -2.39. The molecule has 1 aromatic carbocycles. The SMILES string of the molecule is O=C(NCO)c1ccc2c(c1)CCC1(CCCNC1=O)C2. The number of fused-ring (bicyclic) bond motifs is 1. The van der Waals surface area contributed by atoms with Crippen molar-refractivity contribution in [1.29, 1.82) is 0 Å². The summed E-state index contributed by atoms with van der Waals surface area (Å²) in [5.41, 5.74) is 2.62. The number of hydrogen-bond donors (Lipinski definition) is 3. The van der Waals surface area contributed by atoms with Gasteiger partial charge in [-0.3, -0.25) is 9.59 Å². The van der Waals surface area contributed by atoms with Gasteiger partial charge in [0.15, 0.2) is 0 Å². The van der Waals surface area contributed by atoms with Crippen molar-refractivity contribution in [2.75, 3.05) is 13.3 Å². The number of benzene rings is 1. The topological polar surface area (TPSA) is 78.4 Å². The van der Waals surface area contributed by atoms with Crippen molar-refractivity contribution in [3.63, 3.8) is 0 Å². The first-order valence-corrected chi connectivity index (χ1v) is 7.44. The Morgan fingerprint density at radius 1 is 1.33 bits per heavy atom. The summed E-state index contributed by atoms with van der Waals surface area (Å²) < 4.78 is 0. The van der Waals surface area contributed by atoms with Gasteiger partial charge < -0.3 is 15.7 Å². The molecule has 1 spiro atoms. The smallest absolute Gasteiger partial charge is 0.253 e. The van der Waals surface area contributed by atoms with Gasteiger partial charge in [0.25, 0.3) is 5.91 Å². The Balaban J connectivity index is 1.84. The van der Waals surface area contributed by atoms with Crippen LogP contribution < -0.4 is 10.6 Å². The number of nitrogens with one attached hydrogen (secondary N) is 2. The summed E-state index contributed by atoms with van der Waals surface area (Å²) >= 11 is 0. The predicted molar refractivity (Wildman–Crippen MR) is 77.7 cm³/mol. The van der Waals surface area contributed by atoms with E-state index < -0.39 is 0 Å². The van der Waals surface area contributed by atoms with Gasteiger partial charge in [0, 0.05) is 12.1 Å². The van der Waals surface area contributed by atoms with Crippen LogP contribution in [-0.4, -0.2) is 30.2 Å². The summed E-state index contributed by atoms with van der Waals surface area (Å²) in [6.45, 7) is 0.424. The van der Waals surface area contributed by atoms with Crippen LogP contribution in [0.25, 0.3) is 0 Å². The molecule has 5 heteroatoms. The lowest BCUT2D eigenvalue weighted by Crippen LogP contribution is -2.48. The Kier molecular flexibility index (Phi) is 3.68. The molecular formula is C16H20N2O3. The summed E-state index contributed by atoms with van der Waals surface area (Å²) in [5, 5.41) is 14.1. The molecular weight excluding hydrogens is 268 g/mol. The summed E-state index contributed by atoms with van der Waals surface area (Å²) in [6, 6.07) is 5.60. The first-order valence-electron chi connectivity index (χ1n) is 7.44. The van der Waals surface area contributed by atoms with E-state index in [0.717, 1.165) is 44.2 Å². The second-order valence-electron chi connectivity index (χ2n) is 5.96. The van der Waals surface area contributed by atoms with Crippen molar-refractivity contribution in [2.45, 2.75) is 32.1 Å². The van der Waals surface area contributed by atoms with Crippen molar-refractivity contribution in [2.24, 2.45) is 5.41 Å². The fourth-order valence-electron chi connectivity index (χ4n) is 3.51. The highest BCUT2D eigenvalue weighted by Gasteiger charge is 2.42. The molecule has 2 amide bonds. The molecule has 0 saturated carbocycles. The third-order valence-electron chi connectivity index (χ3n) is 4.71. The van der Waals surface area contributed by atoms with Gasteiger partial charge >= 0.3 is 0 Å². The number of hydrogen-bond acceptors (Lipinski definition) is 3. The molecule has 1 saturated heterocycles. The minimum absolute atomic E-state index is 0.182. The normalized spacial score (nSPS) is 24.3. The van der Waals surface area contributed by atoms with E-state index in [1.165, 1.54) is 5.56 Å². The van der Waals surface area contributed by atoms with Crippen LogP contribution in [0.4, 0.5) is 0 Å². The Morgan fingerprint density at radius 2 is 2.19 bits per heavy atom. The molecule has 1 heterocycles. The van der Waals surface area contributed by atoms with Crippen LogP contribution in [-0.2, 0) is 17.6 Å². The summed E-state index contributed by atoms with van der Waals surface area (Å²) in [5.74, 6) is -0.0857. The molecule has 2 aliphatic rings. The van der Waals surface area contributed by atoms with Crippen molar-refractivity contribution in [1.82, 2.24) is 10.6 Å². The van der Waals surface area contributed by atoms with Crippen LogP contribution in [0.5, 0.6) is 0 Å². The number of carbonyl (C=O) groups is 2. The molecule has 1 aliphatic heterocycles. The van der Waals surface area contributed by atoms with Crippen LogP contribution in [0.15, 0.2) is 18.2 Å². The molecule has 0 radical (unpaired) electrons. The average molecular weight is 288 g/mol. The van der Waals surface area contributed by atoms with E-state index >= 15 is 0 Å². The van der Waals surface area contributed by atoms with E-state index in [1.54, 1.807) is 6.07 Å². The van der Waals surface area contributed by atoms with Gasteiger partial charge in [0.1, 0.15) is 6.73 Å². The van der Waals surface area contributed by atoms with E-state index in [2.05, 4.69) is 10.6 Å². The van der Waals surface area contributed by atoms with Gasteiger partial charge in [0.2, 0.25) is 5.91 Å². The predicted octanol–water partition coefficient (Wildman–Crippen LogP) is 0.751. The van der Waals surface area contributed by atoms with Gasteiger partial charge in [-0.05, 0) is 55.4 Å². The van der Waals surface area contributed by atoms with Crippen molar-refractivity contribution >= 4 is 11.8 Å². The fourth-order valence-corrected chi connectivity index (χ4v) is 3.51. The largest absolute Gasteiger partial charge is 0.376 e. The van der Waals surface area contributed by atoms with Crippen molar-refractivity contribution in [3.8, 4) is 0 Å². The number of aliphatic hydroxyl groups excluding tert-OH is 1. The highest BCUT2D eigenvalue weighted by molar-refractivity contribution is 5.94. The van der Waals surface area contributed by atoms with Crippen molar-refractivity contribution < 1.29 is 14.7 Å². The van der Waals surface area contributed by atoms with Crippen LogP contribution in [0.3, 0.4) is 0 Å². The highest BCUT2D eigenvalue weighted by Crippen LogP contribution is 2.41. The van der Waals surface area contributed by atoms with E-state index in [1.807, 2.05) is 12.1 Å². The molecule has 21 heavy (non-hydrogen) atoms. The van der Waals surface area contributed by atoms with Crippen LogP contribution in [0.1, 0.15) is 40.7 Å². The molecule has 112 valence electrons. The van der Waals surface area contributed by atoms with Crippen LogP contribution in [0, 0.1) is 5.41 Å². The molecule has 5 nitrogen and oxygen atoms in total. The average Bonchev–Trinajstić information content (AvgIpc) is 2.50. The zero-order chi connectivity index (χ0) is 14.9. The lowest BCUT2D eigenvalue weighted by atomic mass is 9.67. The number of aryl methyl sites for hydroxylation is 1. The third kappa shape index (κ3) is 2.53. The van der Waals surface area contributed by atoms with Crippen molar-refractivity contribution in [3.05, 3.63) is 34.9 Å². The number of aliphatic hydroxyl groups is 1. The number of rotatable bonds is 2. The Labute approximate surface area is 123 Å². The maximum absolute atomic E-state index is 12.2. The van der Waals surface area contributed by atoms with Gasteiger partial charge in [-0.15, -0.1) is 0 Å². The van der Waals surface area contributed by atoms with Gasteiger partial charge in [-0.2, -0.15) is 0 Å². The number of amides is 2. The summed E-state index contributed by atoms with van der Waals surface area (Å²) in [7, 11) is 0. The summed E-state index contributed by atoms with van der Waals surface area (Å²) in [6.07, 6.45) is 4.42. The van der Waals surface area contributed by atoms with Gasteiger partial charge in [-0.1, -0.05) is 6.07 Å². The Morgan fingerprint density at radius 3 is 2.95 bits per heavy atom. The standard InChI is InChI=1S/C16H20N2O3/c19-10-18-14(20)12-2-3-13-9-16(6-4-11(13)8-12)5-1-7-17-15(16)21/h2-3,8,19H,1,4-7,9-10H2,(H,17,21)(H,18,20). The quantitative estimate of drug-likeness (QED) is 0.703. The molecule has 1 aromatic rings. The van der Waals surface area contributed by atoms with E-state index in [9.17, 15) is 9.59 Å². The zero-order valence-electron chi connectivity index (χ0n) is 11.9.